The van der Waals surface area contributed by atoms with E-state index in [0.717, 1.165) is 32.4 Å². The first-order chi connectivity index (χ1) is 7.76. The lowest BCUT2D eigenvalue weighted by Crippen LogP contribution is -2.38. The van der Waals surface area contributed by atoms with Crippen molar-refractivity contribution >= 4 is 6.09 Å². The summed E-state index contributed by atoms with van der Waals surface area (Å²) in [5.74, 6) is 0. The number of hydrogen-bond donors (Lipinski definition) is 1. The number of rotatable bonds is 1. The van der Waals surface area contributed by atoms with Gasteiger partial charge in [-0.05, 0) is 52.0 Å². The third-order valence-electron chi connectivity index (χ3n) is 3.34. The van der Waals surface area contributed by atoms with Gasteiger partial charge in [-0.3, -0.25) is 0 Å². The minimum absolute atomic E-state index is 0.177. The number of nitrogens with two attached hydrogens (primary N) is 1. The maximum absolute atomic E-state index is 11.9. The highest BCUT2D eigenvalue weighted by Crippen LogP contribution is 2.29. The molecule has 0 unspecified atom stereocenters. The third kappa shape index (κ3) is 4.54. The molecule has 0 spiro atoms. The molecule has 0 aromatic carbocycles. The van der Waals surface area contributed by atoms with Gasteiger partial charge in [-0.2, -0.15) is 0 Å². The average Bonchev–Trinajstić information content (AvgIpc) is 2.39. The van der Waals surface area contributed by atoms with E-state index in [0.29, 0.717) is 6.54 Å². The van der Waals surface area contributed by atoms with E-state index < -0.39 is 5.60 Å². The average molecular weight is 242 g/mol. The van der Waals surface area contributed by atoms with Crippen molar-refractivity contribution < 1.29 is 9.53 Å². The second-order valence-electron chi connectivity index (χ2n) is 6.34. The summed E-state index contributed by atoms with van der Waals surface area (Å²) >= 11 is 0. The Bertz CT molecular complexity index is 273. The van der Waals surface area contributed by atoms with Crippen molar-refractivity contribution in [2.45, 2.75) is 52.6 Å². The fourth-order valence-electron chi connectivity index (χ4n) is 2.05. The van der Waals surface area contributed by atoms with Gasteiger partial charge in [0.15, 0.2) is 0 Å². The first-order valence-corrected chi connectivity index (χ1v) is 6.44. The molecule has 0 aromatic heterocycles. The standard InChI is InChI=1S/C13H26N2O2/c1-12(2,3)17-11(16)15-8-5-6-13(4,10-14)7-9-15/h5-10,14H2,1-4H3/t13-/m1/s1. The molecule has 1 atom stereocenters. The number of carbonyl (C=O) groups is 1. The van der Waals surface area contributed by atoms with Crippen LogP contribution < -0.4 is 5.73 Å². The lowest BCUT2D eigenvalue weighted by Gasteiger charge is -2.28. The molecule has 0 aromatic rings. The molecule has 1 heterocycles. The Labute approximate surface area is 104 Å². The van der Waals surface area contributed by atoms with Gasteiger partial charge in [0, 0.05) is 13.1 Å². The maximum atomic E-state index is 11.9. The summed E-state index contributed by atoms with van der Waals surface area (Å²) in [6.07, 6.45) is 2.86. The molecule has 2 N–H and O–H groups in total. The minimum Gasteiger partial charge on any atom is -0.444 e. The molecule has 4 nitrogen and oxygen atoms in total. The van der Waals surface area contributed by atoms with Gasteiger partial charge in [-0.1, -0.05) is 6.92 Å². The van der Waals surface area contributed by atoms with Crippen LogP contribution in [0.1, 0.15) is 47.0 Å². The molecule has 4 heteroatoms. The van der Waals surface area contributed by atoms with Gasteiger partial charge in [0.1, 0.15) is 5.60 Å². The zero-order valence-corrected chi connectivity index (χ0v) is 11.6. The largest absolute Gasteiger partial charge is 0.444 e. The maximum Gasteiger partial charge on any atom is 0.410 e. The predicted octanol–water partition coefficient (Wildman–Crippen LogP) is 2.37. The Balaban J connectivity index is 2.54. The number of nitrogens with zero attached hydrogens (tertiary/aromatic N) is 1. The normalized spacial score (nSPS) is 26.5. The molecule has 1 saturated heterocycles. The summed E-state index contributed by atoms with van der Waals surface area (Å²) < 4.78 is 5.39. The van der Waals surface area contributed by atoms with Crippen LogP contribution in [-0.2, 0) is 4.74 Å². The van der Waals surface area contributed by atoms with Crippen LogP contribution in [0.3, 0.4) is 0 Å². The van der Waals surface area contributed by atoms with E-state index in [1.165, 1.54) is 0 Å². The summed E-state index contributed by atoms with van der Waals surface area (Å²) in [6.45, 7) is 10.1. The van der Waals surface area contributed by atoms with Gasteiger partial charge in [0.2, 0.25) is 0 Å². The first kappa shape index (κ1) is 14.3. The molecular weight excluding hydrogens is 216 g/mol. The molecule has 0 aliphatic carbocycles. The molecule has 1 aliphatic heterocycles. The summed E-state index contributed by atoms with van der Waals surface area (Å²) in [6, 6.07) is 0. The van der Waals surface area contributed by atoms with Crippen LogP contribution in [0.2, 0.25) is 0 Å². The van der Waals surface area contributed by atoms with Crippen molar-refractivity contribution in [3.63, 3.8) is 0 Å². The third-order valence-corrected chi connectivity index (χ3v) is 3.34. The van der Waals surface area contributed by atoms with Crippen LogP contribution >= 0.6 is 0 Å². The van der Waals surface area contributed by atoms with E-state index in [2.05, 4.69) is 6.92 Å². The van der Waals surface area contributed by atoms with E-state index in [1.807, 2.05) is 25.7 Å². The molecule has 0 bridgehead atoms. The number of carbonyl (C=O) groups excluding carboxylic acids is 1. The van der Waals surface area contributed by atoms with Gasteiger partial charge in [-0.15, -0.1) is 0 Å². The monoisotopic (exact) mass is 242 g/mol. The topological polar surface area (TPSA) is 55.6 Å². The van der Waals surface area contributed by atoms with Crippen LogP contribution in [-0.4, -0.2) is 36.2 Å². The van der Waals surface area contributed by atoms with E-state index >= 15 is 0 Å². The summed E-state index contributed by atoms with van der Waals surface area (Å²) in [5.41, 5.74) is 5.56. The van der Waals surface area contributed by atoms with Gasteiger partial charge >= 0.3 is 6.09 Å². The molecule has 0 saturated carbocycles. The Morgan fingerprint density at radius 1 is 1.35 bits per heavy atom. The van der Waals surface area contributed by atoms with E-state index in [9.17, 15) is 4.79 Å². The zero-order valence-electron chi connectivity index (χ0n) is 11.6. The Morgan fingerprint density at radius 3 is 2.53 bits per heavy atom. The van der Waals surface area contributed by atoms with Crippen LogP contribution in [0.15, 0.2) is 0 Å². The van der Waals surface area contributed by atoms with Crippen molar-refractivity contribution in [1.29, 1.82) is 0 Å². The van der Waals surface area contributed by atoms with Crippen molar-refractivity contribution in [2.75, 3.05) is 19.6 Å². The quantitative estimate of drug-likeness (QED) is 0.768. The molecule has 1 aliphatic rings. The van der Waals surface area contributed by atoms with Crippen LogP contribution in [0.5, 0.6) is 0 Å². The number of ether oxygens (including phenoxy) is 1. The number of amides is 1. The van der Waals surface area contributed by atoms with Crippen LogP contribution in [0, 0.1) is 5.41 Å². The van der Waals surface area contributed by atoms with Crippen molar-refractivity contribution in [3.05, 3.63) is 0 Å². The molecule has 0 radical (unpaired) electrons. The van der Waals surface area contributed by atoms with Gasteiger partial charge < -0.3 is 15.4 Å². The number of hydrogen-bond acceptors (Lipinski definition) is 3. The predicted molar refractivity (Wildman–Crippen MR) is 68.8 cm³/mol. The minimum atomic E-state index is -0.416. The molecule has 1 rings (SSSR count). The Kier molecular flexibility index (Phi) is 4.42. The van der Waals surface area contributed by atoms with Gasteiger partial charge in [0.25, 0.3) is 0 Å². The van der Waals surface area contributed by atoms with Crippen LogP contribution in [0.25, 0.3) is 0 Å². The van der Waals surface area contributed by atoms with E-state index in [1.54, 1.807) is 0 Å². The molecular formula is C13H26N2O2. The van der Waals surface area contributed by atoms with Crippen LogP contribution in [0.4, 0.5) is 4.79 Å². The van der Waals surface area contributed by atoms with E-state index in [-0.39, 0.29) is 11.5 Å². The fourth-order valence-corrected chi connectivity index (χ4v) is 2.05. The molecule has 1 fully saturated rings. The molecule has 1 amide bonds. The van der Waals surface area contributed by atoms with Gasteiger partial charge in [-0.25, -0.2) is 4.79 Å². The smallest absolute Gasteiger partial charge is 0.410 e. The van der Waals surface area contributed by atoms with E-state index in [4.69, 9.17) is 10.5 Å². The lowest BCUT2D eigenvalue weighted by molar-refractivity contribution is 0.0252. The second-order valence-corrected chi connectivity index (χ2v) is 6.34. The summed E-state index contributed by atoms with van der Waals surface area (Å²) in [4.78, 5) is 13.7. The fraction of sp³-hybridized carbons (Fsp3) is 0.923. The number of likely N-dealkylation sites (tertiary alicyclic amines) is 1. The first-order valence-electron chi connectivity index (χ1n) is 6.44. The van der Waals surface area contributed by atoms with Crippen molar-refractivity contribution in [3.8, 4) is 0 Å². The lowest BCUT2D eigenvalue weighted by atomic mass is 9.83. The van der Waals surface area contributed by atoms with Gasteiger partial charge in [0.05, 0.1) is 0 Å². The SMILES string of the molecule is CC(C)(C)OC(=O)N1CCC[C@@](C)(CN)CC1. The highest BCUT2D eigenvalue weighted by Gasteiger charge is 2.30. The highest BCUT2D eigenvalue weighted by atomic mass is 16.6. The zero-order chi connectivity index (χ0) is 13.1. The Hall–Kier alpha value is -0.770. The molecule has 17 heavy (non-hydrogen) atoms. The second kappa shape index (κ2) is 5.25. The Morgan fingerprint density at radius 2 is 2.00 bits per heavy atom. The summed E-state index contributed by atoms with van der Waals surface area (Å²) in [5, 5.41) is 0. The van der Waals surface area contributed by atoms with Crippen molar-refractivity contribution in [2.24, 2.45) is 11.1 Å². The summed E-state index contributed by atoms with van der Waals surface area (Å²) in [7, 11) is 0. The van der Waals surface area contributed by atoms with Crippen molar-refractivity contribution in [1.82, 2.24) is 4.90 Å². The highest BCUT2D eigenvalue weighted by molar-refractivity contribution is 5.68. The molecule has 100 valence electrons.